The molecule has 0 aliphatic heterocycles. The van der Waals surface area contributed by atoms with Crippen molar-refractivity contribution in [2.45, 2.75) is 90.0 Å². The molecule has 1 rings (SSSR count). The number of methoxy groups -OCH3 is 1. The monoisotopic (exact) mass is 466 g/mol. The first-order chi connectivity index (χ1) is 14.6. The van der Waals surface area contributed by atoms with Gasteiger partial charge >= 0.3 is 12.1 Å². The van der Waals surface area contributed by atoms with Gasteiger partial charge in [-0.15, -0.1) is 11.8 Å². The summed E-state index contributed by atoms with van der Waals surface area (Å²) in [6.45, 7) is 4.16. The summed E-state index contributed by atoms with van der Waals surface area (Å²) >= 11 is 1.12. The summed E-state index contributed by atoms with van der Waals surface area (Å²) in [5.74, 6) is -0.240. The van der Waals surface area contributed by atoms with Crippen LogP contribution in [0.25, 0.3) is 0 Å². The minimum absolute atomic E-state index is 0.149. The van der Waals surface area contributed by atoms with Crippen molar-refractivity contribution >= 4 is 17.7 Å². The lowest BCUT2D eigenvalue weighted by molar-refractivity contribution is -0.140. The summed E-state index contributed by atoms with van der Waals surface area (Å²) in [6, 6.07) is 0. The molecular formula is C23H37F3O4S. The third-order valence-corrected chi connectivity index (χ3v) is 6.84. The van der Waals surface area contributed by atoms with Crippen LogP contribution in [0.15, 0.2) is 22.6 Å². The summed E-state index contributed by atoms with van der Waals surface area (Å²) in [5.41, 5.74) is -0.667. The van der Waals surface area contributed by atoms with E-state index >= 15 is 0 Å². The van der Waals surface area contributed by atoms with E-state index in [0.717, 1.165) is 31.0 Å². The Kier molecular flexibility index (Phi) is 12.9. The zero-order valence-electron chi connectivity index (χ0n) is 18.8. The van der Waals surface area contributed by atoms with Crippen molar-refractivity contribution in [3.63, 3.8) is 0 Å². The van der Waals surface area contributed by atoms with Gasteiger partial charge in [-0.05, 0) is 30.9 Å². The molecule has 0 spiro atoms. The molecule has 31 heavy (non-hydrogen) atoms. The molecule has 1 aliphatic carbocycles. The van der Waals surface area contributed by atoms with Gasteiger partial charge in [-0.2, -0.15) is 13.2 Å². The number of aliphatic hydroxyl groups is 2. The highest BCUT2D eigenvalue weighted by Crippen LogP contribution is 2.47. The van der Waals surface area contributed by atoms with Crippen molar-refractivity contribution in [1.82, 2.24) is 0 Å². The summed E-state index contributed by atoms with van der Waals surface area (Å²) in [6.07, 6.45) is 2.33. The highest BCUT2D eigenvalue weighted by atomic mass is 32.2. The number of aliphatic hydroxyl groups excluding tert-OH is 2. The number of carbonyl (C=O) groups excluding carboxylic acids is 1. The van der Waals surface area contributed by atoms with Crippen molar-refractivity contribution in [1.29, 1.82) is 0 Å². The van der Waals surface area contributed by atoms with Crippen molar-refractivity contribution < 1.29 is 32.9 Å². The van der Waals surface area contributed by atoms with Gasteiger partial charge in [-0.25, -0.2) is 0 Å². The van der Waals surface area contributed by atoms with Gasteiger partial charge in [-0.3, -0.25) is 4.79 Å². The first-order valence-corrected chi connectivity index (χ1v) is 12.1. The molecule has 0 amide bonds. The van der Waals surface area contributed by atoms with Crippen LogP contribution in [-0.2, 0) is 9.53 Å². The lowest BCUT2D eigenvalue weighted by Crippen LogP contribution is -2.16. The Morgan fingerprint density at radius 1 is 1.29 bits per heavy atom. The molecule has 8 heteroatoms. The highest BCUT2D eigenvalue weighted by Gasteiger charge is 2.45. The van der Waals surface area contributed by atoms with Crippen LogP contribution in [0.4, 0.5) is 13.2 Å². The Hall–Kier alpha value is -0.990. The average Bonchev–Trinajstić information content (AvgIpc) is 3.02. The molecule has 0 bridgehead atoms. The van der Waals surface area contributed by atoms with Crippen LogP contribution in [-0.4, -0.2) is 47.4 Å². The number of halogens is 3. The fourth-order valence-corrected chi connectivity index (χ4v) is 5.08. The van der Waals surface area contributed by atoms with Gasteiger partial charge in [-0.1, -0.05) is 51.7 Å². The molecule has 0 unspecified atom stereocenters. The number of ether oxygens (including phenoxy) is 1. The third-order valence-electron chi connectivity index (χ3n) is 5.52. The van der Waals surface area contributed by atoms with Crippen LogP contribution in [0.1, 0.15) is 71.6 Å². The molecule has 0 aromatic heterocycles. The van der Waals surface area contributed by atoms with Gasteiger partial charge < -0.3 is 14.9 Å². The maximum Gasteiger partial charge on any atom is 0.413 e. The minimum atomic E-state index is -4.48. The number of hydrogen-bond donors (Lipinski definition) is 2. The van der Waals surface area contributed by atoms with E-state index in [9.17, 15) is 28.2 Å². The van der Waals surface area contributed by atoms with Crippen molar-refractivity contribution in [2.75, 3.05) is 12.9 Å². The standard InChI is InChI=1S/C23H37F3O4S/c1-4-5-9-16(2)14-17(27)11-12-18-20(28)15-19(23(24,25)26)22(18)31-13-8-6-7-10-21(29)30-3/h11-12,16-18,20,27-28H,4-10,13-15H2,1-3H3/t16-,17-,18+,20-/m1/s1. The molecule has 0 saturated heterocycles. The first kappa shape index (κ1) is 28.0. The van der Waals surface area contributed by atoms with Crippen molar-refractivity contribution in [2.24, 2.45) is 11.8 Å². The second-order valence-electron chi connectivity index (χ2n) is 8.31. The maximum atomic E-state index is 13.5. The predicted octanol–water partition coefficient (Wildman–Crippen LogP) is 5.78. The van der Waals surface area contributed by atoms with Gasteiger partial charge in [0, 0.05) is 29.2 Å². The summed E-state index contributed by atoms with van der Waals surface area (Å²) < 4.78 is 45.1. The Balaban J connectivity index is 2.71. The van der Waals surface area contributed by atoms with Gasteiger partial charge in [0.25, 0.3) is 0 Å². The molecule has 2 N–H and O–H groups in total. The van der Waals surface area contributed by atoms with E-state index in [1.54, 1.807) is 6.08 Å². The number of hydrogen-bond acceptors (Lipinski definition) is 5. The van der Waals surface area contributed by atoms with E-state index in [4.69, 9.17) is 0 Å². The lowest BCUT2D eigenvalue weighted by atomic mass is 9.96. The molecule has 0 heterocycles. The largest absolute Gasteiger partial charge is 0.469 e. The second kappa shape index (κ2) is 14.2. The van der Waals surface area contributed by atoms with Gasteiger partial charge in [0.15, 0.2) is 0 Å². The minimum Gasteiger partial charge on any atom is -0.469 e. The zero-order chi connectivity index (χ0) is 23.4. The van der Waals surface area contributed by atoms with Crippen LogP contribution in [0, 0.1) is 11.8 Å². The topological polar surface area (TPSA) is 66.8 Å². The average molecular weight is 467 g/mol. The molecule has 1 aliphatic rings. The van der Waals surface area contributed by atoms with Gasteiger partial charge in [0.1, 0.15) is 0 Å². The van der Waals surface area contributed by atoms with E-state index in [-0.39, 0.29) is 10.9 Å². The Bertz CT molecular complexity index is 604. The van der Waals surface area contributed by atoms with Crippen LogP contribution < -0.4 is 0 Å². The van der Waals surface area contributed by atoms with E-state index < -0.39 is 36.3 Å². The molecule has 4 nitrogen and oxygen atoms in total. The zero-order valence-corrected chi connectivity index (χ0v) is 19.6. The molecule has 0 aromatic rings. The fourth-order valence-electron chi connectivity index (χ4n) is 3.71. The number of esters is 1. The molecule has 0 saturated carbocycles. The lowest BCUT2D eigenvalue weighted by Gasteiger charge is -2.17. The predicted molar refractivity (Wildman–Crippen MR) is 119 cm³/mol. The molecule has 180 valence electrons. The number of rotatable bonds is 14. The van der Waals surface area contributed by atoms with Gasteiger partial charge in [0.05, 0.1) is 19.3 Å². The summed E-state index contributed by atoms with van der Waals surface area (Å²) in [4.78, 5) is 11.3. The van der Waals surface area contributed by atoms with E-state index in [1.165, 1.54) is 13.2 Å². The van der Waals surface area contributed by atoms with Gasteiger partial charge in [0.2, 0.25) is 0 Å². The van der Waals surface area contributed by atoms with Crippen molar-refractivity contribution in [3.05, 3.63) is 22.6 Å². The first-order valence-electron chi connectivity index (χ1n) is 11.1. The summed E-state index contributed by atoms with van der Waals surface area (Å²) in [5, 5.41) is 20.6. The normalized spacial score (nSPS) is 21.7. The van der Waals surface area contributed by atoms with Crippen LogP contribution >= 0.6 is 11.8 Å². The number of carbonyl (C=O) groups is 1. The maximum absolute atomic E-state index is 13.5. The van der Waals surface area contributed by atoms with Crippen LogP contribution in [0.5, 0.6) is 0 Å². The van der Waals surface area contributed by atoms with Crippen LogP contribution in [0.3, 0.4) is 0 Å². The summed E-state index contributed by atoms with van der Waals surface area (Å²) in [7, 11) is 1.32. The van der Waals surface area contributed by atoms with Crippen molar-refractivity contribution in [3.8, 4) is 0 Å². The molecule has 0 fully saturated rings. The SMILES string of the molecule is CCCC[C@@H](C)C[C@H](O)C=C[C@@H]1C(SCCCCCC(=O)OC)=C(C(F)(F)F)C[C@H]1O. The third kappa shape index (κ3) is 10.4. The number of alkyl halides is 3. The molecular weight excluding hydrogens is 429 g/mol. The number of thioether (sulfide) groups is 1. The Morgan fingerprint density at radius 3 is 2.61 bits per heavy atom. The van der Waals surface area contributed by atoms with E-state index in [2.05, 4.69) is 18.6 Å². The highest BCUT2D eigenvalue weighted by molar-refractivity contribution is 8.03. The number of unbranched alkanes of at least 4 members (excludes halogenated alkanes) is 3. The molecule has 4 atom stereocenters. The smallest absolute Gasteiger partial charge is 0.413 e. The quantitative estimate of drug-likeness (QED) is 0.193. The fraction of sp³-hybridized carbons (Fsp3) is 0.783. The van der Waals surface area contributed by atoms with Crippen LogP contribution in [0.2, 0.25) is 0 Å². The molecule has 0 radical (unpaired) electrons. The van der Waals surface area contributed by atoms with E-state index in [0.29, 0.717) is 43.8 Å². The Labute approximate surface area is 188 Å². The second-order valence-corrected chi connectivity index (χ2v) is 9.45. The Morgan fingerprint density at radius 2 is 2.00 bits per heavy atom. The molecule has 0 aromatic carbocycles. The van der Waals surface area contributed by atoms with E-state index in [1.807, 2.05) is 0 Å².